The van der Waals surface area contributed by atoms with Crippen LogP contribution in [-0.4, -0.2) is 10.8 Å². The van der Waals surface area contributed by atoms with E-state index in [0.29, 0.717) is 15.8 Å². The van der Waals surface area contributed by atoms with Crippen LogP contribution in [0, 0.1) is 6.92 Å². The smallest absolute Gasteiger partial charge is 0.199 e. The van der Waals surface area contributed by atoms with Crippen LogP contribution in [-0.2, 0) is 0 Å². The highest BCUT2D eigenvalue weighted by molar-refractivity contribution is 9.10. The van der Waals surface area contributed by atoms with Crippen LogP contribution in [0.1, 0.15) is 21.5 Å². The summed E-state index contributed by atoms with van der Waals surface area (Å²) in [5, 5.41) is 0. The van der Waals surface area contributed by atoms with Crippen LogP contribution < -0.4 is 0 Å². The number of carbonyl (C=O) groups excluding carboxylic acids is 1. The van der Waals surface area contributed by atoms with Gasteiger partial charge < -0.3 is 4.42 Å². The predicted octanol–water partition coefficient (Wildman–Crippen LogP) is 2.98. The van der Waals surface area contributed by atoms with Crippen molar-refractivity contribution in [3.8, 4) is 0 Å². The zero-order valence-corrected chi connectivity index (χ0v) is 9.61. The van der Waals surface area contributed by atoms with Gasteiger partial charge in [-0.25, -0.2) is 0 Å². The summed E-state index contributed by atoms with van der Waals surface area (Å²) in [5.41, 5.74) is 2.02. The van der Waals surface area contributed by atoms with E-state index in [2.05, 4.69) is 20.9 Å². The first kappa shape index (κ1) is 10.1. The molecule has 2 aromatic rings. The molecule has 4 heteroatoms. The molecule has 0 aliphatic rings. The SMILES string of the molecule is Cc1ccncc1C(=O)c1ccoc1Br. The number of halogens is 1. The van der Waals surface area contributed by atoms with E-state index >= 15 is 0 Å². The Morgan fingerprint density at radius 2 is 2.20 bits per heavy atom. The fourth-order valence-corrected chi connectivity index (χ4v) is 1.72. The van der Waals surface area contributed by atoms with Crippen molar-refractivity contribution >= 4 is 21.7 Å². The van der Waals surface area contributed by atoms with Gasteiger partial charge >= 0.3 is 0 Å². The molecule has 0 aromatic carbocycles. The Labute approximate surface area is 95.3 Å². The topological polar surface area (TPSA) is 43.1 Å². The quantitative estimate of drug-likeness (QED) is 0.785. The number of nitrogens with zero attached hydrogens (tertiary/aromatic N) is 1. The lowest BCUT2D eigenvalue weighted by Gasteiger charge is -2.01. The molecule has 0 spiro atoms. The van der Waals surface area contributed by atoms with Gasteiger partial charge in [0, 0.05) is 18.0 Å². The maximum atomic E-state index is 12.0. The minimum atomic E-state index is -0.0822. The lowest BCUT2D eigenvalue weighted by molar-refractivity contribution is 0.103. The van der Waals surface area contributed by atoms with E-state index < -0.39 is 0 Å². The molecule has 0 saturated heterocycles. The number of carbonyl (C=O) groups is 1. The first-order valence-electron chi connectivity index (χ1n) is 4.38. The Balaban J connectivity index is 2.46. The van der Waals surface area contributed by atoms with Crippen molar-refractivity contribution in [3.05, 3.63) is 52.1 Å². The van der Waals surface area contributed by atoms with Crippen LogP contribution >= 0.6 is 15.9 Å². The first-order valence-corrected chi connectivity index (χ1v) is 5.18. The molecule has 0 bridgehead atoms. The molecule has 15 heavy (non-hydrogen) atoms. The molecule has 76 valence electrons. The fraction of sp³-hybridized carbons (Fsp3) is 0.0909. The lowest BCUT2D eigenvalue weighted by Crippen LogP contribution is -2.03. The molecule has 0 atom stereocenters. The molecule has 0 fully saturated rings. The molecule has 0 N–H and O–H groups in total. The number of hydrogen-bond acceptors (Lipinski definition) is 3. The van der Waals surface area contributed by atoms with E-state index in [-0.39, 0.29) is 5.78 Å². The van der Waals surface area contributed by atoms with Crippen LogP contribution in [0.15, 0.2) is 39.9 Å². The van der Waals surface area contributed by atoms with Crippen molar-refractivity contribution in [3.63, 3.8) is 0 Å². The van der Waals surface area contributed by atoms with E-state index in [1.54, 1.807) is 24.5 Å². The predicted molar refractivity (Wildman–Crippen MR) is 58.8 cm³/mol. The number of furan rings is 1. The van der Waals surface area contributed by atoms with E-state index in [1.807, 2.05) is 6.92 Å². The minimum Gasteiger partial charge on any atom is -0.457 e. The standard InChI is InChI=1S/C11H8BrNO2/c1-7-2-4-13-6-9(7)10(14)8-3-5-15-11(8)12/h2-6H,1H3. The molecule has 0 saturated carbocycles. The molecule has 0 unspecified atom stereocenters. The molecule has 0 amide bonds. The van der Waals surface area contributed by atoms with Gasteiger partial charge in [-0.1, -0.05) is 0 Å². The third kappa shape index (κ3) is 1.85. The molecule has 0 aliphatic carbocycles. The normalized spacial score (nSPS) is 10.3. The lowest BCUT2D eigenvalue weighted by atomic mass is 10.0. The monoisotopic (exact) mass is 265 g/mol. The number of ketones is 1. The van der Waals surface area contributed by atoms with Crippen molar-refractivity contribution in [1.29, 1.82) is 0 Å². The van der Waals surface area contributed by atoms with Crippen molar-refractivity contribution in [2.24, 2.45) is 0 Å². The summed E-state index contributed by atoms with van der Waals surface area (Å²) in [6.07, 6.45) is 4.71. The van der Waals surface area contributed by atoms with Crippen LogP contribution in [0.25, 0.3) is 0 Å². The molecule has 2 rings (SSSR count). The molecule has 0 aliphatic heterocycles. The van der Waals surface area contributed by atoms with Gasteiger partial charge in [-0.05, 0) is 40.5 Å². The summed E-state index contributed by atoms with van der Waals surface area (Å²) in [4.78, 5) is 16.0. The summed E-state index contributed by atoms with van der Waals surface area (Å²) >= 11 is 3.18. The molecule has 2 heterocycles. The molecular weight excluding hydrogens is 258 g/mol. The Morgan fingerprint density at radius 3 is 2.80 bits per heavy atom. The summed E-state index contributed by atoms with van der Waals surface area (Å²) in [6, 6.07) is 3.44. The summed E-state index contributed by atoms with van der Waals surface area (Å²) in [5.74, 6) is -0.0822. The highest BCUT2D eigenvalue weighted by Crippen LogP contribution is 2.21. The number of pyridine rings is 1. The van der Waals surface area contributed by atoms with E-state index in [4.69, 9.17) is 4.42 Å². The van der Waals surface area contributed by atoms with Gasteiger partial charge in [0.1, 0.15) is 0 Å². The largest absolute Gasteiger partial charge is 0.457 e. The van der Waals surface area contributed by atoms with Crippen LogP contribution in [0.5, 0.6) is 0 Å². The van der Waals surface area contributed by atoms with Gasteiger partial charge in [-0.2, -0.15) is 0 Å². The Kier molecular flexibility index (Phi) is 2.68. The van der Waals surface area contributed by atoms with Crippen LogP contribution in [0.4, 0.5) is 0 Å². The second-order valence-electron chi connectivity index (χ2n) is 3.13. The Morgan fingerprint density at radius 1 is 1.40 bits per heavy atom. The van der Waals surface area contributed by atoms with Gasteiger partial charge in [0.25, 0.3) is 0 Å². The van der Waals surface area contributed by atoms with Gasteiger partial charge in [-0.3, -0.25) is 9.78 Å². The maximum absolute atomic E-state index is 12.0. The summed E-state index contributed by atoms with van der Waals surface area (Å²) < 4.78 is 5.48. The molecule has 2 aromatic heterocycles. The van der Waals surface area contributed by atoms with E-state index in [0.717, 1.165) is 5.56 Å². The fourth-order valence-electron chi connectivity index (χ4n) is 1.30. The van der Waals surface area contributed by atoms with E-state index in [9.17, 15) is 4.79 Å². The van der Waals surface area contributed by atoms with Crippen molar-refractivity contribution in [1.82, 2.24) is 4.98 Å². The average molecular weight is 266 g/mol. The number of aromatic nitrogens is 1. The zero-order valence-electron chi connectivity index (χ0n) is 8.03. The number of hydrogen-bond donors (Lipinski definition) is 0. The number of aryl methyl sites for hydroxylation is 1. The minimum absolute atomic E-state index is 0.0822. The molecular formula is C11H8BrNO2. The van der Waals surface area contributed by atoms with Crippen LogP contribution in [0.2, 0.25) is 0 Å². The van der Waals surface area contributed by atoms with Gasteiger partial charge in [-0.15, -0.1) is 0 Å². The van der Waals surface area contributed by atoms with Gasteiger partial charge in [0.05, 0.1) is 11.8 Å². The number of rotatable bonds is 2. The highest BCUT2D eigenvalue weighted by Gasteiger charge is 2.16. The van der Waals surface area contributed by atoms with Gasteiger partial charge in [0.2, 0.25) is 0 Å². The Bertz CT molecular complexity index is 505. The average Bonchev–Trinajstić information content (AvgIpc) is 2.64. The summed E-state index contributed by atoms with van der Waals surface area (Å²) in [7, 11) is 0. The zero-order chi connectivity index (χ0) is 10.8. The van der Waals surface area contributed by atoms with E-state index in [1.165, 1.54) is 6.26 Å². The highest BCUT2D eigenvalue weighted by atomic mass is 79.9. The third-order valence-corrected chi connectivity index (χ3v) is 2.76. The third-order valence-electron chi connectivity index (χ3n) is 2.15. The second-order valence-corrected chi connectivity index (χ2v) is 3.85. The first-order chi connectivity index (χ1) is 7.20. The second kappa shape index (κ2) is 3.98. The molecule has 3 nitrogen and oxygen atoms in total. The van der Waals surface area contributed by atoms with Crippen LogP contribution in [0.3, 0.4) is 0 Å². The van der Waals surface area contributed by atoms with Crippen molar-refractivity contribution in [2.75, 3.05) is 0 Å². The Hall–Kier alpha value is -1.42. The van der Waals surface area contributed by atoms with Crippen molar-refractivity contribution in [2.45, 2.75) is 6.92 Å². The maximum Gasteiger partial charge on any atom is 0.199 e. The van der Waals surface area contributed by atoms with Gasteiger partial charge in [0.15, 0.2) is 10.5 Å². The summed E-state index contributed by atoms with van der Waals surface area (Å²) in [6.45, 7) is 1.88. The van der Waals surface area contributed by atoms with Crippen molar-refractivity contribution < 1.29 is 9.21 Å². The molecule has 0 radical (unpaired) electrons.